The fourth-order valence-corrected chi connectivity index (χ4v) is 2.81. The molecule has 0 saturated heterocycles. The average Bonchev–Trinajstić information content (AvgIpc) is 2.91. The minimum Gasteiger partial charge on any atom is -0.365 e. The molecule has 0 amide bonds. The van der Waals surface area contributed by atoms with E-state index >= 15 is 0 Å². The molecule has 0 aliphatic heterocycles. The summed E-state index contributed by atoms with van der Waals surface area (Å²) >= 11 is 7.75. The highest BCUT2D eigenvalue weighted by Crippen LogP contribution is 2.21. The van der Waals surface area contributed by atoms with E-state index < -0.39 is 0 Å². The van der Waals surface area contributed by atoms with Gasteiger partial charge in [0.1, 0.15) is 11.0 Å². The van der Waals surface area contributed by atoms with Gasteiger partial charge < -0.3 is 5.32 Å². The number of nitrogens with zero attached hydrogens (tertiary/aromatic N) is 3. The van der Waals surface area contributed by atoms with E-state index in [-0.39, 0.29) is 0 Å². The van der Waals surface area contributed by atoms with Crippen molar-refractivity contribution < 1.29 is 0 Å². The summed E-state index contributed by atoms with van der Waals surface area (Å²) < 4.78 is 0. The second-order valence-corrected chi connectivity index (χ2v) is 6.17. The van der Waals surface area contributed by atoms with Gasteiger partial charge in [-0.15, -0.1) is 11.3 Å². The lowest BCUT2D eigenvalue weighted by Crippen LogP contribution is -2.02. The molecule has 0 unspecified atom stereocenters. The molecule has 0 bridgehead atoms. The Labute approximate surface area is 131 Å². The van der Waals surface area contributed by atoms with Gasteiger partial charge in [0.25, 0.3) is 0 Å². The normalized spacial score (nSPS) is 10.6. The quantitative estimate of drug-likeness (QED) is 0.734. The van der Waals surface area contributed by atoms with Crippen LogP contribution in [0.15, 0.2) is 42.6 Å². The van der Waals surface area contributed by atoms with Crippen LogP contribution in [0, 0.1) is 6.92 Å². The largest absolute Gasteiger partial charge is 0.365 e. The maximum Gasteiger partial charge on any atom is 0.163 e. The smallest absolute Gasteiger partial charge is 0.163 e. The standard InChI is InChI=1S/C15H13ClN4S/c1-10-17-8-12(21-10)9-18-14-7-13(16)19-15(20-14)11-5-3-2-4-6-11/h2-8H,9H2,1H3,(H,18,19,20). The Morgan fingerprint density at radius 1 is 1.19 bits per heavy atom. The lowest BCUT2D eigenvalue weighted by molar-refractivity contribution is 1.10. The molecule has 3 aromatic rings. The summed E-state index contributed by atoms with van der Waals surface area (Å²) in [6, 6.07) is 11.5. The number of nitrogens with one attached hydrogen (secondary N) is 1. The maximum absolute atomic E-state index is 6.08. The maximum atomic E-state index is 6.08. The first-order valence-corrected chi connectivity index (χ1v) is 7.65. The molecular formula is C15H13ClN4S. The van der Waals surface area contributed by atoms with Crippen molar-refractivity contribution in [3.05, 3.63) is 57.6 Å². The zero-order valence-electron chi connectivity index (χ0n) is 11.4. The Morgan fingerprint density at radius 3 is 2.71 bits per heavy atom. The molecule has 2 aromatic heterocycles. The molecule has 0 aliphatic carbocycles. The SMILES string of the molecule is Cc1ncc(CNc2cc(Cl)nc(-c3ccccc3)n2)s1. The first kappa shape index (κ1) is 14.0. The van der Waals surface area contributed by atoms with Crippen molar-refractivity contribution in [3.63, 3.8) is 0 Å². The van der Waals surface area contributed by atoms with Gasteiger partial charge in [-0.05, 0) is 6.92 Å². The van der Waals surface area contributed by atoms with Gasteiger partial charge in [0, 0.05) is 22.7 Å². The number of aryl methyl sites for hydroxylation is 1. The predicted octanol–water partition coefficient (Wildman–Crippen LogP) is 4.17. The molecule has 0 spiro atoms. The first-order valence-electron chi connectivity index (χ1n) is 6.46. The van der Waals surface area contributed by atoms with E-state index in [0.29, 0.717) is 23.3 Å². The van der Waals surface area contributed by atoms with Crippen LogP contribution in [0.4, 0.5) is 5.82 Å². The van der Waals surface area contributed by atoms with Gasteiger partial charge in [-0.25, -0.2) is 15.0 Å². The zero-order chi connectivity index (χ0) is 14.7. The summed E-state index contributed by atoms with van der Waals surface area (Å²) in [6.07, 6.45) is 1.87. The number of rotatable bonds is 4. The molecule has 0 aliphatic rings. The van der Waals surface area contributed by atoms with E-state index in [9.17, 15) is 0 Å². The van der Waals surface area contributed by atoms with Crippen molar-refractivity contribution in [1.29, 1.82) is 0 Å². The molecule has 0 fully saturated rings. The minimum absolute atomic E-state index is 0.423. The Balaban J connectivity index is 1.81. The third-order valence-corrected chi connectivity index (χ3v) is 3.95. The van der Waals surface area contributed by atoms with Crippen molar-refractivity contribution in [2.75, 3.05) is 5.32 Å². The van der Waals surface area contributed by atoms with E-state index in [0.717, 1.165) is 15.4 Å². The second kappa shape index (κ2) is 6.20. The molecule has 0 saturated carbocycles. The van der Waals surface area contributed by atoms with Gasteiger partial charge in [0.2, 0.25) is 0 Å². The van der Waals surface area contributed by atoms with Crippen molar-refractivity contribution in [2.45, 2.75) is 13.5 Å². The Hall–Kier alpha value is -1.98. The molecular weight excluding hydrogens is 304 g/mol. The molecule has 6 heteroatoms. The van der Waals surface area contributed by atoms with Gasteiger partial charge in [0.15, 0.2) is 5.82 Å². The number of benzene rings is 1. The van der Waals surface area contributed by atoms with Gasteiger partial charge in [-0.2, -0.15) is 0 Å². The highest BCUT2D eigenvalue weighted by Gasteiger charge is 2.06. The van der Waals surface area contributed by atoms with Gasteiger partial charge >= 0.3 is 0 Å². The van der Waals surface area contributed by atoms with Crippen molar-refractivity contribution in [3.8, 4) is 11.4 Å². The van der Waals surface area contributed by atoms with Crippen LogP contribution in [0.5, 0.6) is 0 Å². The van der Waals surface area contributed by atoms with Crippen LogP contribution < -0.4 is 5.32 Å². The van der Waals surface area contributed by atoms with E-state index in [4.69, 9.17) is 11.6 Å². The summed E-state index contributed by atoms with van der Waals surface area (Å²) in [4.78, 5) is 14.2. The monoisotopic (exact) mass is 316 g/mol. The number of thiazole rings is 1. The number of hydrogen-bond donors (Lipinski definition) is 1. The van der Waals surface area contributed by atoms with Crippen LogP contribution in [-0.2, 0) is 6.54 Å². The van der Waals surface area contributed by atoms with Crippen LogP contribution >= 0.6 is 22.9 Å². The number of hydrogen-bond acceptors (Lipinski definition) is 5. The number of halogens is 1. The average molecular weight is 317 g/mol. The number of aromatic nitrogens is 3. The lowest BCUT2D eigenvalue weighted by atomic mass is 10.2. The summed E-state index contributed by atoms with van der Waals surface area (Å²) in [5.41, 5.74) is 0.941. The molecule has 0 atom stereocenters. The third kappa shape index (κ3) is 3.56. The second-order valence-electron chi connectivity index (χ2n) is 4.46. The summed E-state index contributed by atoms with van der Waals surface area (Å²) in [6.45, 7) is 2.66. The van der Waals surface area contributed by atoms with Crippen LogP contribution in [0.25, 0.3) is 11.4 Å². The fraction of sp³-hybridized carbons (Fsp3) is 0.133. The molecule has 106 valence electrons. The Morgan fingerprint density at radius 2 is 2.00 bits per heavy atom. The van der Waals surface area contributed by atoms with Gasteiger partial charge in [0.05, 0.1) is 11.6 Å². The first-order chi connectivity index (χ1) is 10.2. The van der Waals surface area contributed by atoms with Gasteiger partial charge in [-0.1, -0.05) is 41.9 Å². The van der Waals surface area contributed by atoms with Crippen molar-refractivity contribution in [1.82, 2.24) is 15.0 Å². The highest BCUT2D eigenvalue weighted by molar-refractivity contribution is 7.11. The van der Waals surface area contributed by atoms with Crippen molar-refractivity contribution in [2.24, 2.45) is 0 Å². The highest BCUT2D eigenvalue weighted by atomic mass is 35.5. The van der Waals surface area contributed by atoms with E-state index in [1.165, 1.54) is 0 Å². The Bertz CT molecular complexity index is 742. The molecule has 21 heavy (non-hydrogen) atoms. The molecule has 1 aromatic carbocycles. The van der Waals surface area contributed by atoms with Crippen LogP contribution in [0.1, 0.15) is 9.88 Å². The topological polar surface area (TPSA) is 50.7 Å². The summed E-state index contributed by atoms with van der Waals surface area (Å²) in [5, 5.41) is 4.74. The fourth-order valence-electron chi connectivity index (χ4n) is 1.89. The molecule has 4 nitrogen and oxygen atoms in total. The van der Waals surface area contributed by atoms with Crippen LogP contribution in [-0.4, -0.2) is 15.0 Å². The van der Waals surface area contributed by atoms with E-state index in [1.807, 2.05) is 43.5 Å². The molecule has 3 rings (SSSR count). The lowest BCUT2D eigenvalue weighted by Gasteiger charge is -2.07. The minimum atomic E-state index is 0.423. The third-order valence-electron chi connectivity index (χ3n) is 2.84. The summed E-state index contributed by atoms with van der Waals surface area (Å²) in [5.74, 6) is 1.32. The number of anilines is 1. The van der Waals surface area contributed by atoms with Gasteiger partial charge in [-0.3, -0.25) is 0 Å². The van der Waals surface area contributed by atoms with Crippen molar-refractivity contribution >= 4 is 28.8 Å². The predicted molar refractivity (Wildman–Crippen MR) is 86.7 cm³/mol. The Kier molecular flexibility index (Phi) is 4.13. The molecule has 2 heterocycles. The van der Waals surface area contributed by atoms with Crippen LogP contribution in [0.2, 0.25) is 5.15 Å². The molecule has 0 radical (unpaired) electrons. The van der Waals surface area contributed by atoms with Crippen LogP contribution in [0.3, 0.4) is 0 Å². The van der Waals surface area contributed by atoms with E-state index in [2.05, 4.69) is 20.3 Å². The zero-order valence-corrected chi connectivity index (χ0v) is 12.9. The molecule has 1 N–H and O–H groups in total. The van der Waals surface area contributed by atoms with E-state index in [1.54, 1.807) is 17.4 Å². The summed E-state index contributed by atoms with van der Waals surface area (Å²) in [7, 11) is 0.